The van der Waals surface area contributed by atoms with Crippen LogP contribution < -0.4 is 0 Å². The number of morpholine rings is 1. The Hall–Kier alpha value is -2.06. The molecule has 8 heteroatoms. The van der Waals surface area contributed by atoms with Crippen LogP contribution in [-0.2, 0) is 14.3 Å². The van der Waals surface area contributed by atoms with Crippen LogP contribution in [0.1, 0.15) is 23.2 Å². The number of hydrogen-bond donors (Lipinski definition) is 0. The lowest BCUT2D eigenvalue weighted by molar-refractivity contribution is -0.136. The van der Waals surface area contributed by atoms with E-state index in [4.69, 9.17) is 9.47 Å². The van der Waals surface area contributed by atoms with Crippen molar-refractivity contribution in [2.24, 2.45) is 5.92 Å². The summed E-state index contributed by atoms with van der Waals surface area (Å²) in [6.45, 7) is 3.75. The molecule has 3 heterocycles. The van der Waals surface area contributed by atoms with Crippen molar-refractivity contribution in [2.45, 2.75) is 18.4 Å². The molecule has 3 aliphatic heterocycles. The van der Waals surface area contributed by atoms with Gasteiger partial charge in [-0.3, -0.25) is 9.59 Å². The number of rotatable bonds is 3. The zero-order chi connectivity index (χ0) is 19.0. The average molecular weight is 380 g/mol. The number of carbonyl (C=O) groups is 2. The predicted molar refractivity (Wildman–Crippen MR) is 91.1 cm³/mol. The van der Waals surface area contributed by atoms with E-state index in [0.29, 0.717) is 52.4 Å². The first-order valence-electron chi connectivity index (χ1n) is 9.20. The first-order valence-corrected chi connectivity index (χ1v) is 9.20. The molecular formula is C19H22F2N2O4. The van der Waals surface area contributed by atoms with Crippen molar-refractivity contribution in [1.82, 2.24) is 9.80 Å². The molecular weight excluding hydrogens is 358 g/mol. The summed E-state index contributed by atoms with van der Waals surface area (Å²) >= 11 is 0. The topological polar surface area (TPSA) is 59.1 Å². The third kappa shape index (κ3) is 3.68. The molecule has 3 saturated heterocycles. The molecule has 27 heavy (non-hydrogen) atoms. The quantitative estimate of drug-likeness (QED) is 0.796. The molecule has 1 spiro atoms. The van der Waals surface area contributed by atoms with E-state index in [0.717, 1.165) is 18.6 Å². The second kappa shape index (κ2) is 7.16. The second-order valence-corrected chi connectivity index (χ2v) is 7.55. The molecule has 1 unspecified atom stereocenters. The minimum atomic E-state index is -1.03. The van der Waals surface area contributed by atoms with Crippen LogP contribution in [0.5, 0.6) is 0 Å². The number of carbonyl (C=O) groups excluding carboxylic acids is 2. The fourth-order valence-electron chi connectivity index (χ4n) is 4.08. The van der Waals surface area contributed by atoms with Gasteiger partial charge in [-0.25, -0.2) is 8.78 Å². The predicted octanol–water partition coefficient (Wildman–Crippen LogP) is 1.44. The molecule has 0 aliphatic carbocycles. The minimum Gasteiger partial charge on any atom is -0.378 e. The van der Waals surface area contributed by atoms with E-state index >= 15 is 0 Å². The summed E-state index contributed by atoms with van der Waals surface area (Å²) in [6, 6.07) is 3.16. The molecule has 6 nitrogen and oxygen atoms in total. The monoisotopic (exact) mass is 380 g/mol. The van der Waals surface area contributed by atoms with Gasteiger partial charge in [-0.15, -0.1) is 0 Å². The zero-order valence-corrected chi connectivity index (χ0v) is 15.0. The largest absolute Gasteiger partial charge is 0.378 e. The number of benzene rings is 1. The lowest BCUT2D eigenvalue weighted by Gasteiger charge is -2.47. The maximum absolute atomic E-state index is 13.3. The van der Waals surface area contributed by atoms with Crippen molar-refractivity contribution >= 4 is 11.8 Å². The van der Waals surface area contributed by atoms with Gasteiger partial charge in [-0.2, -0.15) is 0 Å². The highest BCUT2D eigenvalue weighted by molar-refractivity contribution is 5.95. The first-order chi connectivity index (χ1) is 13.0. The SMILES string of the molecule is O=C(CC1COC2(C1)CN(C(=O)c1ccc(F)c(F)c1)C2)N1CCOCC1. The second-order valence-electron chi connectivity index (χ2n) is 7.55. The van der Waals surface area contributed by atoms with Crippen molar-refractivity contribution in [3.05, 3.63) is 35.4 Å². The molecule has 3 fully saturated rings. The van der Waals surface area contributed by atoms with Crippen molar-refractivity contribution < 1.29 is 27.8 Å². The Labute approximate surface area is 156 Å². The van der Waals surface area contributed by atoms with Crippen LogP contribution in [0, 0.1) is 17.6 Å². The van der Waals surface area contributed by atoms with Crippen molar-refractivity contribution in [2.75, 3.05) is 46.0 Å². The summed E-state index contributed by atoms with van der Waals surface area (Å²) in [5.41, 5.74) is -0.287. The maximum Gasteiger partial charge on any atom is 0.254 e. The van der Waals surface area contributed by atoms with Gasteiger partial charge >= 0.3 is 0 Å². The van der Waals surface area contributed by atoms with Gasteiger partial charge in [0.05, 0.1) is 32.9 Å². The molecule has 1 aromatic carbocycles. The number of likely N-dealkylation sites (tertiary alicyclic amines) is 1. The number of halogens is 2. The summed E-state index contributed by atoms with van der Waals surface area (Å²) in [6.07, 6.45) is 1.17. The molecule has 0 bridgehead atoms. The van der Waals surface area contributed by atoms with Crippen LogP contribution in [0.2, 0.25) is 0 Å². The smallest absolute Gasteiger partial charge is 0.254 e. The van der Waals surface area contributed by atoms with Crippen LogP contribution in [0.4, 0.5) is 8.78 Å². The molecule has 146 valence electrons. The lowest BCUT2D eigenvalue weighted by Crippen LogP contribution is -2.63. The Morgan fingerprint density at radius 3 is 2.56 bits per heavy atom. The van der Waals surface area contributed by atoms with E-state index in [1.165, 1.54) is 6.07 Å². The van der Waals surface area contributed by atoms with Crippen LogP contribution in [0.25, 0.3) is 0 Å². The zero-order valence-electron chi connectivity index (χ0n) is 15.0. The third-order valence-electron chi connectivity index (χ3n) is 5.52. The number of nitrogens with zero attached hydrogens (tertiary/aromatic N) is 2. The van der Waals surface area contributed by atoms with Gasteiger partial charge in [0.2, 0.25) is 5.91 Å². The molecule has 1 aromatic rings. The van der Waals surface area contributed by atoms with Gasteiger partial charge in [-0.05, 0) is 30.5 Å². The Morgan fingerprint density at radius 2 is 1.85 bits per heavy atom. The van der Waals surface area contributed by atoms with Crippen LogP contribution in [-0.4, -0.2) is 73.2 Å². The van der Waals surface area contributed by atoms with Crippen LogP contribution >= 0.6 is 0 Å². The molecule has 4 rings (SSSR count). The van der Waals surface area contributed by atoms with E-state index in [9.17, 15) is 18.4 Å². The van der Waals surface area contributed by atoms with E-state index in [2.05, 4.69) is 0 Å². The van der Waals surface area contributed by atoms with Gasteiger partial charge in [0.1, 0.15) is 5.60 Å². The van der Waals surface area contributed by atoms with E-state index in [1.54, 1.807) is 4.90 Å². The van der Waals surface area contributed by atoms with Gasteiger partial charge < -0.3 is 19.3 Å². The molecule has 0 saturated carbocycles. The van der Waals surface area contributed by atoms with E-state index in [1.807, 2.05) is 4.90 Å². The molecule has 0 N–H and O–H groups in total. The first kappa shape index (κ1) is 18.3. The highest BCUT2D eigenvalue weighted by Gasteiger charge is 2.51. The molecule has 3 aliphatic rings. The minimum absolute atomic E-state index is 0.123. The summed E-state index contributed by atoms with van der Waals surface area (Å²) in [5.74, 6) is -2.08. The van der Waals surface area contributed by atoms with E-state index < -0.39 is 17.2 Å². The van der Waals surface area contributed by atoms with Gasteiger partial charge in [-0.1, -0.05) is 0 Å². The van der Waals surface area contributed by atoms with Crippen LogP contribution in [0.15, 0.2) is 18.2 Å². The van der Waals surface area contributed by atoms with Crippen LogP contribution in [0.3, 0.4) is 0 Å². The Kier molecular flexibility index (Phi) is 4.86. The highest BCUT2D eigenvalue weighted by Crippen LogP contribution is 2.39. The summed E-state index contributed by atoms with van der Waals surface area (Å²) in [4.78, 5) is 28.2. The van der Waals surface area contributed by atoms with Gasteiger partial charge in [0.15, 0.2) is 11.6 Å². The molecule has 1 atom stereocenters. The Morgan fingerprint density at radius 1 is 1.11 bits per heavy atom. The Balaban J connectivity index is 1.29. The Bertz CT molecular complexity index is 745. The van der Waals surface area contributed by atoms with Crippen molar-refractivity contribution in [3.63, 3.8) is 0 Å². The average Bonchev–Trinajstić information content (AvgIpc) is 3.07. The highest BCUT2D eigenvalue weighted by atomic mass is 19.2. The fraction of sp³-hybridized carbons (Fsp3) is 0.579. The maximum atomic E-state index is 13.3. The van der Waals surface area contributed by atoms with Gasteiger partial charge in [0.25, 0.3) is 5.91 Å². The summed E-state index contributed by atoms with van der Waals surface area (Å²) in [7, 11) is 0. The number of hydrogen-bond acceptors (Lipinski definition) is 4. The number of amides is 2. The van der Waals surface area contributed by atoms with Gasteiger partial charge in [0, 0.05) is 25.1 Å². The van der Waals surface area contributed by atoms with E-state index in [-0.39, 0.29) is 23.3 Å². The summed E-state index contributed by atoms with van der Waals surface area (Å²) in [5, 5.41) is 0. The van der Waals surface area contributed by atoms with Crippen molar-refractivity contribution in [1.29, 1.82) is 0 Å². The fourth-order valence-corrected chi connectivity index (χ4v) is 4.08. The number of ether oxygens (including phenoxy) is 2. The standard InChI is InChI=1S/C19H22F2N2O4/c20-15-2-1-14(8-16(15)21)18(25)23-11-19(12-23)9-13(10-27-19)7-17(24)22-3-5-26-6-4-22/h1-2,8,13H,3-7,9-12H2. The molecule has 0 radical (unpaired) electrons. The third-order valence-corrected chi connectivity index (χ3v) is 5.52. The lowest BCUT2D eigenvalue weighted by atomic mass is 9.85. The van der Waals surface area contributed by atoms with Crippen molar-refractivity contribution in [3.8, 4) is 0 Å². The molecule has 0 aromatic heterocycles. The summed E-state index contributed by atoms with van der Waals surface area (Å²) < 4.78 is 37.5. The molecule has 2 amide bonds. The normalized spacial score (nSPS) is 24.1.